The summed E-state index contributed by atoms with van der Waals surface area (Å²) in [6, 6.07) is 8.23. The van der Waals surface area contributed by atoms with Crippen LogP contribution < -0.4 is 0 Å². The normalized spacial score (nSPS) is 11.1. The number of carbonyl (C=O) groups is 1. The van der Waals surface area contributed by atoms with Gasteiger partial charge in [0.05, 0.1) is 29.1 Å². The van der Waals surface area contributed by atoms with Gasteiger partial charge in [0.25, 0.3) is 0 Å². The number of aryl methyl sites for hydroxylation is 1. The second kappa shape index (κ2) is 8.31. The minimum absolute atomic E-state index is 0.0198. The maximum absolute atomic E-state index is 15.1. The van der Waals surface area contributed by atoms with E-state index in [0.717, 1.165) is 31.2 Å². The number of carbonyl (C=O) groups excluding carboxylic acids is 1. The van der Waals surface area contributed by atoms with Crippen LogP contribution in [0.15, 0.2) is 36.5 Å². The molecule has 3 aromatic rings. The molecule has 4 nitrogen and oxygen atoms in total. The number of benzene rings is 2. The van der Waals surface area contributed by atoms with Gasteiger partial charge in [0, 0.05) is 12.8 Å². The van der Waals surface area contributed by atoms with Crippen LogP contribution in [-0.4, -0.2) is 29.8 Å². The number of unbranched alkanes of at least 4 members (excludes halogenated alkanes) is 2. The standard InChI is InChI=1S/C21H21F2NO3/c1-27-21(26)15-12-24-17-11-16(22)18(20(23)19(15)17)14-8-6-13(7-9-14)5-3-2-4-10-25/h6-9,11-12,24-25H,2-5,10H2,1H3. The summed E-state index contributed by atoms with van der Waals surface area (Å²) >= 11 is 0. The molecule has 0 aliphatic rings. The molecule has 1 heterocycles. The molecule has 0 atom stereocenters. The van der Waals surface area contributed by atoms with Gasteiger partial charge in [-0.3, -0.25) is 0 Å². The molecular formula is C21H21F2NO3. The molecule has 0 unspecified atom stereocenters. The fourth-order valence-corrected chi connectivity index (χ4v) is 3.21. The fraction of sp³-hybridized carbons (Fsp3) is 0.286. The molecule has 0 fully saturated rings. The summed E-state index contributed by atoms with van der Waals surface area (Å²) in [4.78, 5) is 14.6. The van der Waals surface area contributed by atoms with Gasteiger partial charge in [0.15, 0.2) is 0 Å². The van der Waals surface area contributed by atoms with Crippen LogP contribution in [0.25, 0.3) is 22.0 Å². The molecule has 27 heavy (non-hydrogen) atoms. The Morgan fingerprint density at radius 1 is 1.15 bits per heavy atom. The second-order valence-electron chi connectivity index (χ2n) is 6.40. The Morgan fingerprint density at radius 3 is 2.56 bits per heavy atom. The smallest absolute Gasteiger partial charge is 0.340 e. The summed E-state index contributed by atoms with van der Waals surface area (Å²) in [6.07, 6.45) is 4.81. The lowest BCUT2D eigenvalue weighted by Crippen LogP contribution is -2.01. The molecule has 0 saturated heterocycles. The van der Waals surface area contributed by atoms with Crippen molar-refractivity contribution in [3.05, 3.63) is 59.3 Å². The first-order chi connectivity index (χ1) is 13.1. The van der Waals surface area contributed by atoms with Gasteiger partial charge in [-0.25, -0.2) is 13.6 Å². The van der Waals surface area contributed by atoms with E-state index in [0.29, 0.717) is 5.56 Å². The SMILES string of the molecule is COC(=O)c1c[nH]c2cc(F)c(-c3ccc(CCCCCO)cc3)c(F)c12. The quantitative estimate of drug-likeness (QED) is 0.470. The molecule has 2 aromatic carbocycles. The van der Waals surface area contributed by atoms with Crippen LogP contribution in [0, 0.1) is 11.6 Å². The Labute approximate surface area is 155 Å². The van der Waals surface area contributed by atoms with Crippen LogP contribution in [0.2, 0.25) is 0 Å². The van der Waals surface area contributed by atoms with Crippen molar-refractivity contribution in [3.63, 3.8) is 0 Å². The summed E-state index contributed by atoms with van der Waals surface area (Å²) < 4.78 is 34.3. The van der Waals surface area contributed by atoms with Crippen molar-refractivity contribution in [3.8, 4) is 11.1 Å². The summed E-state index contributed by atoms with van der Waals surface area (Å²) in [5.41, 5.74) is 1.54. The number of aliphatic hydroxyl groups excluding tert-OH is 1. The maximum Gasteiger partial charge on any atom is 0.340 e. The van der Waals surface area contributed by atoms with Crippen molar-refractivity contribution in [1.29, 1.82) is 0 Å². The zero-order chi connectivity index (χ0) is 19.4. The van der Waals surface area contributed by atoms with Gasteiger partial charge >= 0.3 is 5.97 Å². The van der Waals surface area contributed by atoms with Gasteiger partial charge in [0.2, 0.25) is 0 Å². The topological polar surface area (TPSA) is 62.3 Å². The highest BCUT2D eigenvalue weighted by atomic mass is 19.1. The molecule has 3 rings (SSSR count). The van der Waals surface area contributed by atoms with Crippen LogP contribution in [-0.2, 0) is 11.2 Å². The van der Waals surface area contributed by atoms with Crippen molar-refractivity contribution in [2.45, 2.75) is 25.7 Å². The summed E-state index contributed by atoms with van der Waals surface area (Å²) in [7, 11) is 1.21. The lowest BCUT2D eigenvalue weighted by atomic mass is 9.98. The van der Waals surface area contributed by atoms with Crippen LogP contribution in [0.5, 0.6) is 0 Å². The first-order valence-electron chi connectivity index (χ1n) is 8.84. The number of hydrogen-bond acceptors (Lipinski definition) is 3. The van der Waals surface area contributed by atoms with Gasteiger partial charge in [-0.2, -0.15) is 0 Å². The highest BCUT2D eigenvalue weighted by Gasteiger charge is 2.22. The van der Waals surface area contributed by atoms with E-state index in [9.17, 15) is 9.18 Å². The Hall–Kier alpha value is -2.73. The second-order valence-corrected chi connectivity index (χ2v) is 6.40. The summed E-state index contributed by atoms with van der Waals surface area (Å²) in [5.74, 6) is -2.17. The van der Waals surface area contributed by atoms with Crippen molar-refractivity contribution in [1.82, 2.24) is 4.98 Å². The van der Waals surface area contributed by atoms with E-state index in [1.54, 1.807) is 12.1 Å². The minimum Gasteiger partial charge on any atom is -0.465 e. The average molecular weight is 373 g/mol. The molecule has 0 spiro atoms. The molecule has 1 aromatic heterocycles. The number of rotatable bonds is 7. The molecule has 0 saturated carbocycles. The minimum atomic E-state index is -0.789. The number of esters is 1. The maximum atomic E-state index is 15.1. The number of fused-ring (bicyclic) bond motifs is 1. The highest BCUT2D eigenvalue weighted by Crippen LogP contribution is 2.34. The molecule has 0 aliphatic heterocycles. The van der Waals surface area contributed by atoms with Gasteiger partial charge in [0.1, 0.15) is 11.6 Å². The van der Waals surface area contributed by atoms with E-state index in [1.165, 1.54) is 19.4 Å². The number of ether oxygens (including phenoxy) is 1. The highest BCUT2D eigenvalue weighted by molar-refractivity contribution is 6.05. The van der Waals surface area contributed by atoms with E-state index in [-0.39, 0.29) is 28.6 Å². The van der Waals surface area contributed by atoms with E-state index in [2.05, 4.69) is 9.72 Å². The monoisotopic (exact) mass is 373 g/mol. The molecule has 0 radical (unpaired) electrons. The number of hydrogen-bond donors (Lipinski definition) is 2. The van der Waals surface area contributed by atoms with Gasteiger partial charge < -0.3 is 14.8 Å². The molecular weight excluding hydrogens is 352 g/mol. The zero-order valence-corrected chi connectivity index (χ0v) is 15.0. The fourth-order valence-electron chi connectivity index (χ4n) is 3.21. The Kier molecular flexibility index (Phi) is 5.86. The average Bonchev–Trinajstić information content (AvgIpc) is 3.09. The molecule has 0 amide bonds. The Bertz CT molecular complexity index is 948. The van der Waals surface area contributed by atoms with E-state index < -0.39 is 17.6 Å². The Morgan fingerprint density at radius 2 is 1.89 bits per heavy atom. The van der Waals surface area contributed by atoms with Crippen LogP contribution in [0.4, 0.5) is 8.78 Å². The first-order valence-corrected chi connectivity index (χ1v) is 8.84. The first kappa shape index (κ1) is 19.0. The van der Waals surface area contributed by atoms with Crippen LogP contribution >= 0.6 is 0 Å². The number of nitrogens with one attached hydrogen (secondary N) is 1. The summed E-state index contributed by atoms with van der Waals surface area (Å²) in [6.45, 7) is 0.187. The number of aromatic nitrogens is 1. The molecule has 0 aliphatic carbocycles. The number of halogens is 2. The van der Waals surface area contributed by atoms with Crippen molar-refractivity contribution < 1.29 is 23.4 Å². The third-order valence-corrected chi connectivity index (χ3v) is 4.63. The van der Waals surface area contributed by atoms with Crippen molar-refractivity contribution in [2.24, 2.45) is 0 Å². The van der Waals surface area contributed by atoms with Crippen molar-refractivity contribution in [2.75, 3.05) is 13.7 Å². The third kappa shape index (κ3) is 3.85. The van der Waals surface area contributed by atoms with E-state index in [4.69, 9.17) is 5.11 Å². The number of methoxy groups -OCH3 is 1. The zero-order valence-electron chi connectivity index (χ0n) is 15.0. The summed E-state index contributed by atoms with van der Waals surface area (Å²) in [5, 5.41) is 8.82. The van der Waals surface area contributed by atoms with Crippen LogP contribution in [0.3, 0.4) is 0 Å². The van der Waals surface area contributed by atoms with Gasteiger partial charge in [-0.15, -0.1) is 0 Å². The predicted octanol–water partition coefficient (Wildman–Crippen LogP) is 4.60. The number of aliphatic hydroxyl groups is 1. The molecule has 142 valence electrons. The van der Waals surface area contributed by atoms with E-state index in [1.807, 2.05) is 12.1 Å². The number of H-pyrrole nitrogens is 1. The molecule has 6 heteroatoms. The molecule has 2 N–H and O–H groups in total. The van der Waals surface area contributed by atoms with E-state index >= 15 is 4.39 Å². The van der Waals surface area contributed by atoms with Gasteiger partial charge in [-0.1, -0.05) is 30.7 Å². The largest absolute Gasteiger partial charge is 0.465 e. The van der Waals surface area contributed by atoms with Gasteiger partial charge in [-0.05, 0) is 36.5 Å². The lowest BCUT2D eigenvalue weighted by molar-refractivity contribution is 0.0602. The predicted molar refractivity (Wildman–Crippen MR) is 99.6 cm³/mol. The number of aromatic amines is 1. The third-order valence-electron chi connectivity index (χ3n) is 4.63. The molecule has 0 bridgehead atoms. The lowest BCUT2D eigenvalue weighted by Gasteiger charge is -2.09. The van der Waals surface area contributed by atoms with Crippen LogP contribution in [0.1, 0.15) is 35.2 Å². The van der Waals surface area contributed by atoms with Crippen molar-refractivity contribution >= 4 is 16.9 Å². The Balaban J connectivity index is 1.95.